The summed E-state index contributed by atoms with van der Waals surface area (Å²) in [4.78, 5) is 8.25. The molecule has 2 rings (SSSR count). The maximum atomic E-state index is 4.22. The number of hydrogen-bond donors (Lipinski definition) is 1. The number of hydrogen-bond acceptors (Lipinski definition) is 5. The molecule has 0 aliphatic rings. The average molecular weight is 206 g/mol. The highest BCUT2D eigenvalue weighted by molar-refractivity contribution is 7.09. The summed E-state index contributed by atoms with van der Waals surface area (Å²) in [5.74, 6) is 0. The molecule has 0 saturated heterocycles. The number of aromatic nitrogens is 3. The van der Waals surface area contributed by atoms with E-state index in [1.165, 1.54) is 11.5 Å². The van der Waals surface area contributed by atoms with E-state index in [1.807, 2.05) is 18.2 Å². The lowest BCUT2D eigenvalue weighted by molar-refractivity contribution is 0.959. The first-order valence-electron chi connectivity index (χ1n) is 4.35. The minimum absolute atomic E-state index is 0.839. The summed E-state index contributed by atoms with van der Waals surface area (Å²) in [6.45, 7) is 0.839. The molecule has 0 fully saturated rings. The van der Waals surface area contributed by atoms with Crippen LogP contribution in [0.1, 0.15) is 5.69 Å². The van der Waals surface area contributed by atoms with Crippen molar-refractivity contribution in [2.24, 2.45) is 0 Å². The molecule has 0 bridgehead atoms. The normalized spacial score (nSPS) is 10.0. The lowest BCUT2D eigenvalue weighted by Crippen LogP contribution is -2.05. The predicted octanol–water partition coefficient (Wildman–Crippen LogP) is 1.59. The maximum Gasteiger partial charge on any atom is 0.202 e. The fourth-order valence-corrected chi connectivity index (χ4v) is 1.55. The Morgan fingerprint density at radius 1 is 1.29 bits per heavy atom. The number of rotatable bonds is 4. The molecule has 0 atom stereocenters. The Morgan fingerprint density at radius 3 is 3.00 bits per heavy atom. The van der Waals surface area contributed by atoms with Crippen molar-refractivity contribution in [3.05, 3.63) is 36.4 Å². The van der Waals surface area contributed by atoms with E-state index < -0.39 is 0 Å². The Hall–Kier alpha value is -1.49. The highest BCUT2D eigenvalue weighted by atomic mass is 32.1. The molecule has 0 saturated carbocycles. The fourth-order valence-electron chi connectivity index (χ4n) is 1.09. The van der Waals surface area contributed by atoms with E-state index in [0.717, 1.165) is 23.8 Å². The summed E-state index contributed by atoms with van der Waals surface area (Å²) in [6.07, 6.45) is 4.26. The second-order valence-electron chi connectivity index (χ2n) is 2.74. The van der Waals surface area contributed by atoms with Crippen LogP contribution >= 0.6 is 11.5 Å². The van der Waals surface area contributed by atoms with Gasteiger partial charge in [-0.25, -0.2) is 4.98 Å². The van der Waals surface area contributed by atoms with Crippen molar-refractivity contribution in [2.75, 3.05) is 11.9 Å². The summed E-state index contributed by atoms with van der Waals surface area (Å²) in [5, 5.41) is 4.04. The van der Waals surface area contributed by atoms with Crippen LogP contribution in [-0.4, -0.2) is 20.9 Å². The molecule has 1 N–H and O–H groups in total. The van der Waals surface area contributed by atoms with Crippen molar-refractivity contribution in [1.82, 2.24) is 14.3 Å². The first kappa shape index (κ1) is 9.08. The van der Waals surface area contributed by atoms with Gasteiger partial charge in [-0.1, -0.05) is 6.07 Å². The van der Waals surface area contributed by atoms with Crippen LogP contribution in [0.5, 0.6) is 0 Å². The van der Waals surface area contributed by atoms with Gasteiger partial charge in [-0.3, -0.25) is 4.98 Å². The molecule has 0 aromatic carbocycles. The van der Waals surface area contributed by atoms with Gasteiger partial charge in [0.1, 0.15) is 6.33 Å². The van der Waals surface area contributed by atoms with Gasteiger partial charge in [0, 0.05) is 36.4 Å². The van der Waals surface area contributed by atoms with Gasteiger partial charge < -0.3 is 5.32 Å². The molecule has 0 amide bonds. The number of nitrogens with zero attached hydrogens (tertiary/aromatic N) is 3. The Labute approximate surface area is 86.2 Å². The van der Waals surface area contributed by atoms with Gasteiger partial charge in [-0.05, 0) is 12.1 Å². The summed E-state index contributed by atoms with van der Waals surface area (Å²) in [5.41, 5.74) is 1.09. The van der Waals surface area contributed by atoms with E-state index in [1.54, 1.807) is 12.5 Å². The van der Waals surface area contributed by atoms with E-state index in [9.17, 15) is 0 Å². The molecule has 0 unspecified atom stereocenters. The van der Waals surface area contributed by atoms with Crippen LogP contribution in [0.15, 0.2) is 30.7 Å². The molecule has 2 heterocycles. The third kappa shape index (κ3) is 2.50. The summed E-state index contributed by atoms with van der Waals surface area (Å²) < 4.78 is 3.90. The average Bonchev–Trinajstić information content (AvgIpc) is 2.72. The van der Waals surface area contributed by atoms with E-state index in [-0.39, 0.29) is 0 Å². The predicted molar refractivity (Wildman–Crippen MR) is 56.3 cm³/mol. The monoisotopic (exact) mass is 206 g/mol. The summed E-state index contributed by atoms with van der Waals surface area (Å²) in [6, 6.07) is 5.93. The zero-order chi connectivity index (χ0) is 9.64. The van der Waals surface area contributed by atoms with E-state index in [2.05, 4.69) is 19.7 Å². The van der Waals surface area contributed by atoms with Gasteiger partial charge in [0.05, 0.1) is 0 Å². The Balaban J connectivity index is 1.79. The lowest BCUT2D eigenvalue weighted by atomic mass is 10.3. The molecule has 72 valence electrons. The summed E-state index contributed by atoms with van der Waals surface area (Å²) in [7, 11) is 0. The largest absolute Gasteiger partial charge is 0.360 e. The van der Waals surface area contributed by atoms with Gasteiger partial charge in [-0.15, -0.1) is 0 Å². The zero-order valence-corrected chi connectivity index (χ0v) is 8.37. The SMILES string of the molecule is c1ccc(CCNc2ncns2)nc1. The van der Waals surface area contributed by atoms with Gasteiger partial charge in [0.15, 0.2) is 0 Å². The van der Waals surface area contributed by atoms with Gasteiger partial charge >= 0.3 is 0 Å². The van der Waals surface area contributed by atoms with Crippen molar-refractivity contribution in [3.8, 4) is 0 Å². The number of nitrogens with one attached hydrogen (secondary N) is 1. The van der Waals surface area contributed by atoms with Crippen LogP contribution in [0.25, 0.3) is 0 Å². The first-order valence-corrected chi connectivity index (χ1v) is 5.13. The van der Waals surface area contributed by atoms with Crippen molar-refractivity contribution in [3.63, 3.8) is 0 Å². The first-order chi connectivity index (χ1) is 6.95. The molecule has 2 aromatic rings. The second kappa shape index (κ2) is 4.66. The topological polar surface area (TPSA) is 50.7 Å². The van der Waals surface area contributed by atoms with Crippen LogP contribution in [0.3, 0.4) is 0 Å². The van der Waals surface area contributed by atoms with Gasteiger partial charge in [0.2, 0.25) is 5.13 Å². The molecule has 5 heteroatoms. The van der Waals surface area contributed by atoms with E-state index in [0.29, 0.717) is 0 Å². The maximum absolute atomic E-state index is 4.22. The lowest BCUT2D eigenvalue weighted by Gasteiger charge is -2.00. The zero-order valence-electron chi connectivity index (χ0n) is 7.55. The molecule has 0 aliphatic carbocycles. The fraction of sp³-hybridized carbons (Fsp3) is 0.222. The Morgan fingerprint density at radius 2 is 2.29 bits per heavy atom. The summed E-state index contributed by atoms with van der Waals surface area (Å²) >= 11 is 1.37. The minimum atomic E-state index is 0.839. The van der Waals surface area contributed by atoms with E-state index >= 15 is 0 Å². The van der Waals surface area contributed by atoms with Crippen LogP contribution in [-0.2, 0) is 6.42 Å². The van der Waals surface area contributed by atoms with Crippen molar-refractivity contribution < 1.29 is 0 Å². The Kier molecular flexibility index (Phi) is 3.03. The number of pyridine rings is 1. The van der Waals surface area contributed by atoms with Gasteiger partial charge in [-0.2, -0.15) is 4.37 Å². The van der Waals surface area contributed by atoms with E-state index in [4.69, 9.17) is 0 Å². The van der Waals surface area contributed by atoms with Crippen LogP contribution in [0, 0.1) is 0 Å². The van der Waals surface area contributed by atoms with Crippen LogP contribution in [0.4, 0.5) is 5.13 Å². The van der Waals surface area contributed by atoms with Crippen molar-refractivity contribution in [1.29, 1.82) is 0 Å². The highest BCUT2D eigenvalue weighted by Crippen LogP contribution is 2.06. The Bertz CT molecular complexity index is 360. The molecule has 0 aliphatic heterocycles. The molecule has 4 nitrogen and oxygen atoms in total. The third-order valence-electron chi connectivity index (χ3n) is 1.74. The molecular weight excluding hydrogens is 196 g/mol. The second-order valence-corrected chi connectivity index (χ2v) is 3.52. The molecule has 14 heavy (non-hydrogen) atoms. The molecule has 0 radical (unpaired) electrons. The number of anilines is 1. The van der Waals surface area contributed by atoms with Crippen molar-refractivity contribution in [2.45, 2.75) is 6.42 Å². The third-order valence-corrected chi connectivity index (χ3v) is 2.37. The van der Waals surface area contributed by atoms with Crippen LogP contribution in [0.2, 0.25) is 0 Å². The quantitative estimate of drug-likeness (QED) is 0.825. The molecular formula is C9H10N4S. The minimum Gasteiger partial charge on any atom is -0.360 e. The molecule has 2 aromatic heterocycles. The highest BCUT2D eigenvalue weighted by Gasteiger charge is 1.95. The standard InChI is InChI=1S/C9H10N4S/c1-2-5-10-8(3-1)4-6-11-9-12-7-13-14-9/h1-3,5,7H,4,6H2,(H,11,12,13). The van der Waals surface area contributed by atoms with Gasteiger partial charge in [0.25, 0.3) is 0 Å². The smallest absolute Gasteiger partial charge is 0.202 e. The van der Waals surface area contributed by atoms with Crippen LogP contribution < -0.4 is 5.32 Å². The molecule has 0 spiro atoms. The van der Waals surface area contributed by atoms with Crippen molar-refractivity contribution >= 4 is 16.7 Å².